The molecule has 0 unspecified atom stereocenters. The molecule has 0 fully saturated rings. The Morgan fingerprint density at radius 1 is 1.21 bits per heavy atom. The highest BCUT2D eigenvalue weighted by Crippen LogP contribution is 2.29. The molecule has 1 rings (SSSR count). The zero-order valence-corrected chi connectivity index (χ0v) is 7.01. The molecule has 1 aromatic carbocycles. The number of halogens is 4. The van der Waals surface area contributed by atoms with Gasteiger partial charge in [-0.3, -0.25) is 0 Å². The van der Waals surface area contributed by atoms with Gasteiger partial charge in [0.25, 0.3) is 0 Å². The summed E-state index contributed by atoms with van der Waals surface area (Å²) >= 11 is 0. The van der Waals surface area contributed by atoms with Gasteiger partial charge in [0.1, 0.15) is 5.75 Å². The first kappa shape index (κ1) is 10.8. The largest absolute Gasteiger partial charge is 0.461 e. The molecule has 0 spiro atoms. The minimum Gasteiger partial charge on any atom is -0.428 e. The van der Waals surface area contributed by atoms with Crippen LogP contribution >= 0.6 is 0 Å². The fraction of sp³-hybridized carbons (Fsp3) is 0.222. The maximum Gasteiger partial charge on any atom is 0.461 e. The summed E-state index contributed by atoms with van der Waals surface area (Å²) in [4.78, 5) is 0. The second-order valence-corrected chi connectivity index (χ2v) is 2.57. The summed E-state index contributed by atoms with van der Waals surface area (Å²) in [5, 5.41) is 0. The molecule has 0 bridgehead atoms. The predicted octanol–water partition coefficient (Wildman–Crippen LogP) is 3.11. The van der Waals surface area contributed by atoms with Gasteiger partial charge in [-0.05, 0) is 18.6 Å². The molecule has 0 amide bonds. The molecule has 0 N–H and O–H groups in total. The summed E-state index contributed by atoms with van der Waals surface area (Å²) in [5.41, 5.74) is 0.132. The van der Waals surface area contributed by atoms with Gasteiger partial charge in [0, 0.05) is 0 Å². The fourth-order valence-corrected chi connectivity index (χ4v) is 0.795. The average molecular weight is 207 g/mol. The van der Waals surface area contributed by atoms with E-state index in [4.69, 9.17) is 0 Å². The van der Waals surface area contributed by atoms with E-state index in [1.807, 2.05) is 0 Å². The second kappa shape index (κ2) is 3.86. The Morgan fingerprint density at radius 3 is 2.29 bits per heavy atom. The third-order valence-electron chi connectivity index (χ3n) is 1.47. The highest BCUT2D eigenvalue weighted by molar-refractivity contribution is 5.35. The first-order chi connectivity index (χ1) is 6.43. The lowest BCUT2D eigenvalue weighted by atomic mass is 10.2. The van der Waals surface area contributed by atoms with E-state index in [9.17, 15) is 17.6 Å². The Balaban J connectivity index is 2.84. The van der Waals surface area contributed by atoms with Crippen LogP contribution < -0.4 is 4.74 Å². The van der Waals surface area contributed by atoms with Gasteiger partial charge in [-0.2, -0.15) is 17.6 Å². The highest BCUT2D eigenvalue weighted by Gasteiger charge is 2.44. The first-order valence-electron chi connectivity index (χ1n) is 3.69. The van der Waals surface area contributed by atoms with E-state index in [0.717, 1.165) is 6.07 Å². The lowest BCUT2D eigenvalue weighted by molar-refractivity contribution is -0.253. The Kier molecular flexibility index (Phi) is 2.98. The lowest BCUT2D eigenvalue weighted by Crippen LogP contribution is -2.33. The van der Waals surface area contributed by atoms with E-state index in [1.54, 1.807) is 0 Å². The first-order valence-corrected chi connectivity index (χ1v) is 3.69. The maximum atomic E-state index is 12.4. The number of alkyl halides is 4. The number of benzene rings is 1. The molecular weight excluding hydrogens is 200 g/mol. The summed E-state index contributed by atoms with van der Waals surface area (Å²) in [6.07, 6.45) is -8.34. The van der Waals surface area contributed by atoms with Gasteiger partial charge in [0.2, 0.25) is 0 Å². The van der Waals surface area contributed by atoms with Gasteiger partial charge < -0.3 is 4.74 Å². The summed E-state index contributed by atoms with van der Waals surface area (Å²) in [6, 6.07) is 5.47. The van der Waals surface area contributed by atoms with Crippen molar-refractivity contribution >= 4 is 0 Å². The molecule has 0 aliphatic rings. The summed E-state index contributed by atoms with van der Waals surface area (Å²) < 4.78 is 52.1. The van der Waals surface area contributed by atoms with Crippen LogP contribution in [0.25, 0.3) is 0 Å². The lowest BCUT2D eigenvalue weighted by Gasteiger charge is -2.17. The second-order valence-electron chi connectivity index (χ2n) is 2.57. The standard InChI is InChI=1S/C9H7F4O/c1-6-4-2-3-5-7(6)14-9(12,13)8(10)11/h2-5,8H,1H2. The normalized spacial score (nSPS) is 11.9. The molecule has 0 atom stereocenters. The Hall–Kier alpha value is -1.26. The van der Waals surface area contributed by atoms with Crippen LogP contribution in [0, 0.1) is 6.92 Å². The van der Waals surface area contributed by atoms with E-state index < -0.39 is 12.5 Å². The van der Waals surface area contributed by atoms with Crippen molar-refractivity contribution in [2.45, 2.75) is 12.5 Å². The van der Waals surface area contributed by atoms with Crippen LogP contribution in [0.3, 0.4) is 0 Å². The van der Waals surface area contributed by atoms with E-state index in [0.29, 0.717) is 0 Å². The third-order valence-corrected chi connectivity index (χ3v) is 1.47. The average Bonchev–Trinajstić information content (AvgIpc) is 2.08. The molecule has 0 heterocycles. The molecule has 0 saturated heterocycles. The summed E-state index contributed by atoms with van der Waals surface area (Å²) in [5.74, 6) is -0.349. The van der Waals surface area contributed by atoms with Crippen LogP contribution in [-0.2, 0) is 0 Å². The van der Waals surface area contributed by atoms with Gasteiger partial charge >= 0.3 is 12.5 Å². The quantitative estimate of drug-likeness (QED) is 0.692. The van der Waals surface area contributed by atoms with Crippen molar-refractivity contribution in [3.8, 4) is 5.75 Å². The van der Waals surface area contributed by atoms with Crippen molar-refractivity contribution < 1.29 is 22.3 Å². The number of ether oxygens (including phenoxy) is 1. The maximum absolute atomic E-state index is 12.4. The van der Waals surface area contributed by atoms with Crippen LogP contribution in [-0.4, -0.2) is 12.5 Å². The molecule has 1 nitrogen and oxygen atoms in total. The van der Waals surface area contributed by atoms with Crippen molar-refractivity contribution in [3.05, 3.63) is 36.8 Å². The van der Waals surface area contributed by atoms with Crippen molar-refractivity contribution in [2.75, 3.05) is 0 Å². The van der Waals surface area contributed by atoms with Crippen LogP contribution in [0.2, 0.25) is 0 Å². The van der Waals surface area contributed by atoms with E-state index in [2.05, 4.69) is 11.7 Å². The Morgan fingerprint density at radius 2 is 1.79 bits per heavy atom. The molecule has 14 heavy (non-hydrogen) atoms. The van der Waals surface area contributed by atoms with Gasteiger partial charge in [-0.1, -0.05) is 18.2 Å². The molecule has 0 saturated carbocycles. The van der Waals surface area contributed by atoms with Crippen LogP contribution in [0.1, 0.15) is 5.56 Å². The van der Waals surface area contributed by atoms with Gasteiger partial charge in [-0.15, -0.1) is 0 Å². The Labute approximate surface area is 78.3 Å². The van der Waals surface area contributed by atoms with E-state index in [1.165, 1.54) is 18.2 Å². The third kappa shape index (κ3) is 2.37. The van der Waals surface area contributed by atoms with Gasteiger partial charge in [-0.25, -0.2) is 0 Å². The number of rotatable bonds is 3. The SMILES string of the molecule is [CH2]c1ccccc1OC(F)(F)C(F)F. The van der Waals surface area contributed by atoms with Crippen molar-refractivity contribution in [2.24, 2.45) is 0 Å². The minimum absolute atomic E-state index is 0.132. The van der Waals surface area contributed by atoms with Crippen LogP contribution in [0.15, 0.2) is 24.3 Å². The summed E-state index contributed by atoms with van der Waals surface area (Å²) in [7, 11) is 0. The topological polar surface area (TPSA) is 9.23 Å². The minimum atomic E-state index is -4.48. The molecular formula is C9H7F4O. The van der Waals surface area contributed by atoms with Crippen LogP contribution in [0.4, 0.5) is 17.6 Å². The van der Waals surface area contributed by atoms with E-state index in [-0.39, 0.29) is 11.3 Å². The molecule has 77 valence electrons. The van der Waals surface area contributed by atoms with Crippen molar-refractivity contribution in [1.29, 1.82) is 0 Å². The zero-order valence-electron chi connectivity index (χ0n) is 7.01. The van der Waals surface area contributed by atoms with Crippen molar-refractivity contribution in [3.63, 3.8) is 0 Å². The summed E-state index contributed by atoms with van der Waals surface area (Å²) in [6.45, 7) is 3.36. The Bertz CT molecular complexity index is 311. The predicted molar refractivity (Wildman–Crippen MR) is 42.5 cm³/mol. The van der Waals surface area contributed by atoms with E-state index >= 15 is 0 Å². The molecule has 1 aromatic rings. The molecule has 1 radical (unpaired) electrons. The molecule has 0 aliphatic heterocycles. The number of para-hydroxylation sites is 1. The van der Waals surface area contributed by atoms with Crippen molar-refractivity contribution in [1.82, 2.24) is 0 Å². The monoisotopic (exact) mass is 207 g/mol. The number of hydrogen-bond donors (Lipinski definition) is 0. The van der Waals surface area contributed by atoms with Gasteiger partial charge in [0.15, 0.2) is 0 Å². The van der Waals surface area contributed by atoms with Gasteiger partial charge in [0.05, 0.1) is 0 Å². The number of hydrogen-bond acceptors (Lipinski definition) is 1. The molecule has 5 heteroatoms. The molecule has 0 aliphatic carbocycles. The van der Waals surface area contributed by atoms with Crippen LogP contribution in [0.5, 0.6) is 5.75 Å². The fourth-order valence-electron chi connectivity index (χ4n) is 0.795. The smallest absolute Gasteiger partial charge is 0.428 e. The molecule has 0 aromatic heterocycles. The zero-order chi connectivity index (χ0) is 10.8. The highest BCUT2D eigenvalue weighted by atomic mass is 19.3.